The van der Waals surface area contributed by atoms with Crippen LogP contribution in [0.1, 0.15) is 36.5 Å². The van der Waals surface area contributed by atoms with E-state index in [1.807, 2.05) is 6.07 Å². The molecule has 1 heterocycles. The summed E-state index contributed by atoms with van der Waals surface area (Å²) < 4.78 is 0. The minimum absolute atomic E-state index is 0.454. The largest absolute Gasteiger partial charge is 0.507 e. The van der Waals surface area contributed by atoms with Crippen molar-refractivity contribution < 1.29 is 10.0 Å². The molecule has 0 aliphatic carbocycles. The Hall–Kier alpha value is -2.00. The maximum absolute atomic E-state index is 10.3. The molecule has 0 bridgehead atoms. The lowest BCUT2D eigenvalue weighted by Gasteiger charge is -2.34. The second kappa shape index (κ2) is 7.27. The number of nitrogens with one attached hydrogen (secondary N) is 1. The quantitative estimate of drug-likeness (QED) is 0.905. The first kappa shape index (κ1) is 16.8. The Morgan fingerprint density at radius 2 is 1.75 bits per heavy atom. The molecule has 0 atom stereocenters. The molecule has 3 rings (SSSR count). The van der Waals surface area contributed by atoms with Crippen molar-refractivity contribution >= 4 is 5.69 Å². The molecule has 3 heteroatoms. The van der Waals surface area contributed by atoms with Crippen LogP contribution in [0.2, 0.25) is 0 Å². The van der Waals surface area contributed by atoms with Crippen LogP contribution in [0.15, 0.2) is 42.5 Å². The number of phenolic OH excluding ortho intramolecular Hbond substituents is 1. The first-order valence-electron chi connectivity index (χ1n) is 9.00. The molecule has 24 heavy (non-hydrogen) atoms. The molecule has 128 valence electrons. The van der Waals surface area contributed by atoms with Gasteiger partial charge in [-0.05, 0) is 48.2 Å². The number of hydrogen-bond acceptors (Lipinski definition) is 2. The van der Waals surface area contributed by atoms with Gasteiger partial charge in [-0.1, -0.05) is 32.0 Å². The Morgan fingerprint density at radius 1 is 1.08 bits per heavy atom. The van der Waals surface area contributed by atoms with Crippen LogP contribution in [-0.4, -0.2) is 31.3 Å². The molecular weight excluding hydrogens is 296 g/mol. The van der Waals surface area contributed by atoms with Crippen LogP contribution in [0.25, 0.3) is 0 Å². The lowest BCUT2D eigenvalue weighted by atomic mass is 9.95. The van der Waals surface area contributed by atoms with Crippen molar-refractivity contribution in [3.63, 3.8) is 0 Å². The van der Waals surface area contributed by atoms with Gasteiger partial charge in [0.1, 0.15) is 12.3 Å². The zero-order valence-corrected chi connectivity index (χ0v) is 15.0. The maximum atomic E-state index is 10.3. The van der Waals surface area contributed by atoms with Crippen LogP contribution in [0.4, 0.5) is 5.69 Å². The van der Waals surface area contributed by atoms with E-state index in [1.165, 1.54) is 16.8 Å². The van der Waals surface area contributed by atoms with Gasteiger partial charge < -0.3 is 14.9 Å². The van der Waals surface area contributed by atoms with E-state index in [-0.39, 0.29) is 0 Å². The SMILES string of the molecule is Cc1cc(O)c(C[NH+]2CCN(c3ccccc3)CC2)cc1C(C)C. The first-order chi connectivity index (χ1) is 11.5. The zero-order chi connectivity index (χ0) is 17.1. The summed E-state index contributed by atoms with van der Waals surface area (Å²) in [7, 11) is 0. The number of hydrogen-bond donors (Lipinski definition) is 2. The van der Waals surface area contributed by atoms with Gasteiger partial charge in [-0.15, -0.1) is 0 Å². The van der Waals surface area contributed by atoms with Crippen molar-refractivity contribution in [3.05, 3.63) is 59.2 Å². The van der Waals surface area contributed by atoms with Gasteiger partial charge in [-0.25, -0.2) is 0 Å². The predicted molar refractivity (Wildman–Crippen MR) is 100.0 cm³/mol. The molecule has 1 saturated heterocycles. The van der Waals surface area contributed by atoms with Crippen LogP contribution in [-0.2, 0) is 6.54 Å². The molecule has 1 fully saturated rings. The van der Waals surface area contributed by atoms with Crippen molar-refractivity contribution in [2.75, 3.05) is 31.1 Å². The summed E-state index contributed by atoms with van der Waals surface area (Å²) in [5.41, 5.74) is 4.95. The van der Waals surface area contributed by atoms with Crippen molar-refractivity contribution in [1.29, 1.82) is 0 Å². The minimum atomic E-state index is 0.454. The van der Waals surface area contributed by atoms with Crippen LogP contribution >= 0.6 is 0 Å². The summed E-state index contributed by atoms with van der Waals surface area (Å²) in [6, 6.07) is 14.8. The van der Waals surface area contributed by atoms with E-state index in [2.05, 4.69) is 62.1 Å². The Labute approximate surface area is 145 Å². The normalized spacial score (nSPS) is 15.9. The fraction of sp³-hybridized carbons (Fsp3) is 0.429. The number of para-hydroxylation sites is 1. The van der Waals surface area contributed by atoms with Crippen molar-refractivity contribution in [2.24, 2.45) is 0 Å². The van der Waals surface area contributed by atoms with Gasteiger partial charge in [0.2, 0.25) is 0 Å². The number of aromatic hydroxyl groups is 1. The molecule has 1 aliphatic heterocycles. The molecular formula is C21H29N2O+. The van der Waals surface area contributed by atoms with Crippen LogP contribution in [0.3, 0.4) is 0 Å². The van der Waals surface area contributed by atoms with Gasteiger partial charge in [0.25, 0.3) is 0 Å². The Bertz CT molecular complexity index is 674. The maximum Gasteiger partial charge on any atom is 0.124 e. The second-order valence-electron chi connectivity index (χ2n) is 7.24. The number of quaternary nitrogens is 1. The highest BCUT2D eigenvalue weighted by atomic mass is 16.3. The molecule has 2 aromatic carbocycles. The lowest BCUT2D eigenvalue weighted by Crippen LogP contribution is -3.13. The number of aryl methyl sites for hydroxylation is 1. The Kier molecular flexibility index (Phi) is 5.10. The van der Waals surface area contributed by atoms with Gasteiger partial charge >= 0.3 is 0 Å². The predicted octanol–water partition coefficient (Wildman–Crippen LogP) is 2.73. The summed E-state index contributed by atoms with van der Waals surface area (Å²) in [6.45, 7) is 11.8. The summed E-state index contributed by atoms with van der Waals surface area (Å²) in [5.74, 6) is 0.948. The van der Waals surface area contributed by atoms with E-state index in [4.69, 9.17) is 0 Å². The van der Waals surface area contributed by atoms with E-state index >= 15 is 0 Å². The zero-order valence-electron chi connectivity index (χ0n) is 15.0. The van der Waals surface area contributed by atoms with Crippen LogP contribution in [0.5, 0.6) is 5.75 Å². The molecule has 0 spiro atoms. The molecule has 3 nitrogen and oxygen atoms in total. The van der Waals surface area contributed by atoms with Gasteiger partial charge in [-0.2, -0.15) is 0 Å². The van der Waals surface area contributed by atoms with E-state index in [0.717, 1.165) is 38.3 Å². The van der Waals surface area contributed by atoms with Gasteiger partial charge in [-0.3, -0.25) is 0 Å². The van der Waals surface area contributed by atoms with E-state index < -0.39 is 0 Å². The third-order valence-electron chi connectivity index (χ3n) is 5.12. The summed E-state index contributed by atoms with van der Waals surface area (Å²) in [4.78, 5) is 4.01. The van der Waals surface area contributed by atoms with E-state index in [9.17, 15) is 5.11 Å². The molecule has 0 saturated carbocycles. The number of anilines is 1. The van der Waals surface area contributed by atoms with Crippen molar-refractivity contribution in [3.8, 4) is 5.75 Å². The highest BCUT2D eigenvalue weighted by Crippen LogP contribution is 2.26. The lowest BCUT2D eigenvalue weighted by molar-refractivity contribution is -0.914. The molecule has 2 aromatic rings. The van der Waals surface area contributed by atoms with Crippen molar-refractivity contribution in [2.45, 2.75) is 33.2 Å². The highest BCUT2D eigenvalue weighted by molar-refractivity contribution is 5.46. The molecule has 0 radical (unpaired) electrons. The van der Waals surface area contributed by atoms with Crippen LogP contribution in [0, 0.1) is 6.92 Å². The summed E-state index contributed by atoms with van der Waals surface area (Å²) in [6.07, 6.45) is 0. The molecule has 0 unspecified atom stereocenters. The number of piperazine rings is 1. The number of phenols is 1. The standard InChI is InChI=1S/C21H28N2O/c1-16(2)20-14-18(21(24)13-17(20)3)15-22-9-11-23(12-10-22)19-7-5-4-6-8-19/h4-8,13-14,16,24H,9-12,15H2,1-3H3/p+1. The fourth-order valence-electron chi connectivity index (χ4n) is 3.69. The molecule has 0 amide bonds. The molecule has 1 aliphatic rings. The van der Waals surface area contributed by atoms with E-state index in [0.29, 0.717) is 11.7 Å². The minimum Gasteiger partial charge on any atom is -0.507 e. The second-order valence-corrected chi connectivity index (χ2v) is 7.24. The Balaban J connectivity index is 1.65. The van der Waals surface area contributed by atoms with E-state index in [1.54, 1.807) is 4.90 Å². The van der Waals surface area contributed by atoms with Crippen LogP contribution < -0.4 is 9.80 Å². The first-order valence-corrected chi connectivity index (χ1v) is 9.00. The third kappa shape index (κ3) is 3.73. The topological polar surface area (TPSA) is 27.9 Å². The van der Waals surface area contributed by atoms with Gasteiger partial charge in [0.05, 0.1) is 26.2 Å². The van der Waals surface area contributed by atoms with Crippen molar-refractivity contribution in [1.82, 2.24) is 0 Å². The molecule has 2 N–H and O–H groups in total. The average Bonchev–Trinajstić information content (AvgIpc) is 2.58. The Morgan fingerprint density at radius 3 is 2.38 bits per heavy atom. The number of nitrogens with zero attached hydrogens (tertiary/aromatic N) is 1. The molecule has 0 aromatic heterocycles. The number of rotatable bonds is 4. The monoisotopic (exact) mass is 325 g/mol. The summed E-state index contributed by atoms with van der Waals surface area (Å²) >= 11 is 0. The van der Waals surface area contributed by atoms with Gasteiger partial charge in [0.15, 0.2) is 0 Å². The number of benzene rings is 2. The van der Waals surface area contributed by atoms with Gasteiger partial charge in [0, 0.05) is 11.3 Å². The average molecular weight is 325 g/mol. The summed E-state index contributed by atoms with van der Waals surface area (Å²) in [5, 5.41) is 10.3. The third-order valence-corrected chi connectivity index (χ3v) is 5.12. The smallest absolute Gasteiger partial charge is 0.124 e. The fourth-order valence-corrected chi connectivity index (χ4v) is 3.69. The highest BCUT2D eigenvalue weighted by Gasteiger charge is 2.22.